The summed E-state index contributed by atoms with van der Waals surface area (Å²) in [5.74, 6) is 0.801. The van der Waals surface area contributed by atoms with E-state index < -0.39 is 10.0 Å². The normalized spacial score (nSPS) is 16.4. The molecule has 1 atom stereocenters. The summed E-state index contributed by atoms with van der Waals surface area (Å²) < 4.78 is 34.0. The Morgan fingerprint density at radius 3 is 2.30 bits per heavy atom. The number of nitriles is 1. The van der Waals surface area contributed by atoms with Crippen molar-refractivity contribution in [1.82, 2.24) is 9.62 Å². The second kappa shape index (κ2) is 10.6. The molecule has 0 aliphatic carbocycles. The summed E-state index contributed by atoms with van der Waals surface area (Å²) in [6.45, 7) is 2.21. The fourth-order valence-corrected chi connectivity index (χ4v) is 5.29. The maximum Gasteiger partial charge on any atom is 0.241 e. The van der Waals surface area contributed by atoms with Gasteiger partial charge in [-0.3, -0.25) is 4.90 Å². The first kappa shape index (κ1) is 23.0. The number of hydrogen-bond donors (Lipinski definition) is 1. The number of nitrogens with zero attached hydrogens (tertiary/aromatic N) is 2. The summed E-state index contributed by atoms with van der Waals surface area (Å²) in [5, 5.41) is 8.92. The topological polar surface area (TPSA) is 82.4 Å². The summed E-state index contributed by atoms with van der Waals surface area (Å²) in [5.41, 5.74) is 2.77. The quantitative estimate of drug-likeness (QED) is 0.478. The number of benzene rings is 3. The molecule has 7 heteroatoms. The maximum absolute atomic E-state index is 12.6. The van der Waals surface area contributed by atoms with Gasteiger partial charge in [-0.1, -0.05) is 42.5 Å². The van der Waals surface area contributed by atoms with Crippen molar-refractivity contribution in [2.24, 2.45) is 0 Å². The van der Waals surface area contributed by atoms with Crippen molar-refractivity contribution in [3.8, 4) is 22.9 Å². The molecule has 0 radical (unpaired) electrons. The zero-order chi connectivity index (χ0) is 23.1. The molecule has 0 spiro atoms. The third-order valence-electron chi connectivity index (χ3n) is 5.77. The highest BCUT2D eigenvalue weighted by molar-refractivity contribution is 7.89. The van der Waals surface area contributed by atoms with E-state index in [1.165, 1.54) is 0 Å². The molecule has 1 aliphatic heterocycles. The van der Waals surface area contributed by atoms with Crippen molar-refractivity contribution in [2.75, 3.05) is 19.7 Å². The van der Waals surface area contributed by atoms with Crippen molar-refractivity contribution in [3.63, 3.8) is 0 Å². The molecule has 1 N–H and O–H groups in total. The smallest absolute Gasteiger partial charge is 0.241 e. The predicted octanol–water partition coefficient (Wildman–Crippen LogP) is 4.39. The Morgan fingerprint density at radius 2 is 1.64 bits per heavy atom. The van der Waals surface area contributed by atoms with Crippen LogP contribution in [0.2, 0.25) is 0 Å². The lowest BCUT2D eigenvalue weighted by molar-refractivity contribution is 0.214. The van der Waals surface area contributed by atoms with E-state index in [2.05, 4.69) is 15.7 Å². The highest BCUT2D eigenvalue weighted by Gasteiger charge is 2.28. The monoisotopic (exact) mass is 461 g/mol. The molecule has 1 fully saturated rings. The maximum atomic E-state index is 12.6. The highest BCUT2D eigenvalue weighted by Crippen LogP contribution is 2.23. The SMILES string of the molecule is N#Cc1ccc(-c2ccc(OCCCN3CCCC3NS(=O)(=O)c3ccccc3)cc2)cc1. The van der Waals surface area contributed by atoms with Gasteiger partial charge in [-0.05, 0) is 73.3 Å². The van der Waals surface area contributed by atoms with Gasteiger partial charge in [-0.2, -0.15) is 9.98 Å². The van der Waals surface area contributed by atoms with E-state index in [-0.39, 0.29) is 6.17 Å². The number of likely N-dealkylation sites (tertiary alicyclic amines) is 1. The lowest BCUT2D eigenvalue weighted by Crippen LogP contribution is -2.44. The summed E-state index contributed by atoms with van der Waals surface area (Å²) in [4.78, 5) is 2.47. The van der Waals surface area contributed by atoms with Crippen molar-refractivity contribution < 1.29 is 13.2 Å². The van der Waals surface area contributed by atoms with E-state index in [0.29, 0.717) is 17.1 Å². The van der Waals surface area contributed by atoms with Gasteiger partial charge in [-0.15, -0.1) is 0 Å². The summed E-state index contributed by atoms with van der Waals surface area (Å²) in [6, 6.07) is 26.0. The number of hydrogen-bond acceptors (Lipinski definition) is 5. The van der Waals surface area contributed by atoms with Crippen LogP contribution < -0.4 is 9.46 Å². The molecule has 170 valence electrons. The highest BCUT2D eigenvalue weighted by atomic mass is 32.2. The summed E-state index contributed by atoms with van der Waals surface area (Å²) in [7, 11) is -3.52. The molecule has 1 heterocycles. The third kappa shape index (κ3) is 5.99. The molecule has 0 bridgehead atoms. The lowest BCUT2D eigenvalue weighted by atomic mass is 10.0. The molecule has 0 amide bonds. The Bertz CT molecular complexity index is 1190. The molecule has 0 saturated carbocycles. The fourth-order valence-electron chi connectivity index (χ4n) is 4.01. The molecular formula is C26H27N3O3S. The Hall–Kier alpha value is -3.18. The minimum Gasteiger partial charge on any atom is -0.494 e. The van der Waals surface area contributed by atoms with Crippen LogP contribution in [0.1, 0.15) is 24.8 Å². The Morgan fingerprint density at radius 1 is 0.970 bits per heavy atom. The largest absolute Gasteiger partial charge is 0.494 e. The van der Waals surface area contributed by atoms with E-state index >= 15 is 0 Å². The lowest BCUT2D eigenvalue weighted by Gasteiger charge is -2.25. The van der Waals surface area contributed by atoms with Crippen molar-refractivity contribution >= 4 is 10.0 Å². The zero-order valence-corrected chi connectivity index (χ0v) is 19.2. The van der Waals surface area contributed by atoms with Crippen LogP contribution in [0.15, 0.2) is 83.8 Å². The molecule has 3 aromatic carbocycles. The standard InChI is InChI=1S/C26H27N3O3S/c27-20-21-9-11-22(12-10-21)23-13-15-24(16-14-23)32-19-5-18-29-17-4-8-26(29)28-33(30,31)25-6-2-1-3-7-25/h1-3,6-7,9-16,26,28H,4-5,8,17-19H2. The number of ether oxygens (including phenoxy) is 1. The van der Waals surface area contributed by atoms with Gasteiger partial charge in [0.25, 0.3) is 0 Å². The van der Waals surface area contributed by atoms with Gasteiger partial charge in [0.15, 0.2) is 0 Å². The van der Waals surface area contributed by atoms with Gasteiger partial charge in [0, 0.05) is 6.54 Å². The average Bonchev–Trinajstić information content (AvgIpc) is 3.29. The van der Waals surface area contributed by atoms with Crippen LogP contribution in [0.5, 0.6) is 5.75 Å². The minimum absolute atomic E-state index is 0.179. The summed E-state index contributed by atoms with van der Waals surface area (Å²) in [6.07, 6.45) is 2.41. The van der Waals surface area contributed by atoms with E-state index in [1.54, 1.807) is 24.3 Å². The molecule has 0 aromatic heterocycles. The summed E-state index contributed by atoms with van der Waals surface area (Å²) >= 11 is 0. The predicted molar refractivity (Wildman–Crippen MR) is 128 cm³/mol. The molecule has 4 rings (SSSR count). The Kier molecular flexibility index (Phi) is 7.40. The minimum atomic E-state index is -3.52. The number of nitrogens with one attached hydrogen (secondary N) is 1. The molecule has 6 nitrogen and oxygen atoms in total. The van der Waals surface area contributed by atoms with Crippen LogP contribution in [-0.2, 0) is 10.0 Å². The van der Waals surface area contributed by atoms with Gasteiger partial charge in [0.1, 0.15) is 5.75 Å². The Balaban J connectivity index is 1.25. The van der Waals surface area contributed by atoms with Gasteiger partial charge in [0.05, 0.1) is 29.3 Å². The number of sulfonamides is 1. The van der Waals surface area contributed by atoms with E-state index in [1.807, 2.05) is 54.6 Å². The number of rotatable bonds is 9. The van der Waals surface area contributed by atoms with Crippen LogP contribution in [0.3, 0.4) is 0 Å². The zero-order valence-electron chi connectivity index (χ0n) is 18.4. The molecule has 1 unspecified atom stereocenters. The first-order valence-corrected chi connectivity index (χ1v) is 12.6. The van der Waals surface area contributed by atoms with Crippen molar-refractivity contribution in [2.45, 2.75) is 30.3 Å². The van der Waals surface area contributed by atoms with Crippen LogP contribution >= 0.6 is 0 Å². The fraction of sp³-hybridized carbons (Fsp3) is 0.269. The van der Waals surface area contributed by atoms with Gasteiger partial charge in [0.2, 0.25) is 10.0 Å². The van der Waals surface area contributed by atoms with E-state index in [4.69, 9.17) is 10.00 Å². The second-order valence-electron chi connectivity index (χ2n) is 8.04. The van der Waals surface area contributed by atoms with Gasteiger partial charge < -0.3 is 4.74 Å². The van der Waals surface area contributed by atoms with Crippen molar-refractivity contribution in [1.29, 1.82) is 5.26 Å². The molecule has 3 aromatic rings. The first-order chi connectivity index (χ1) is 16.0. The molecule has 33 heavy (non-hydrogen) atoms. The van der Waals surface area contributed by atoms with Crippen molar-refractivity contribution in [3.05, 3.63) is 84.4 Å². The van der Waals surface area contributed by atoms with Gasteiger partial charge >= 0.3 is 0 Å². The molecule has 1 saturated heterocycles. The van der Waals surface area contributed by atoms with Crippen LogP contribution in [0.25, 0.3) is 11.1 Å². The van der Waals surface area contributed by atoms with E-state index in [0.717, 1.165) is 49.2 Å². The van der Waals surface area contributed by atoms with Gasteiger partial charge in [-0.25, -0.2) is 8.42 Å². The Labute approximate surface area is 195 Å². The van der Waals surface area contributed by atoms with Crippen LogP contribution in [0, 0.1) is 11.3 Å². The van der Waals surface area contributed by atoms with Crippen LogP contribution in [-0.4, -0.2) is 39.2 Å². The molecular weight excluding hydrogens is 434 g/mol. The second-order valence-corrected chi connectivity index (χ2v) is 9.76. The third-order valence-corrected chi connectivity index (χ3v) is 7.24. The first-order valence-electron chi connectivity index (χ1n) is 11.1. The van der Waals surface area contributed by atoms with E-state index in [9.17, 15) is 8.42 Å². The molecule has 1 aliphatic rings. The van der Waals surface area contributed by atoms with Crippen LogP contribution in [0.4, 0.5) is 0 Å². The average molecular weight is 462 g/mol.